The van der Waals surface area contributed by atoms with Gasteiger partial charge in [-0.2, -0.15) is 0 Å². The van der Waals surface area contributed by atoms with Gasteiger partial charge in [0, 0.05) is 5.56 Å². The smallest absolute Gasteiger partial charge is 0.161 e. The molecule has 0 unspecified atom stereocenters. The first-order valence-electron chi connectivity index (χ1n) is 5.90. The van der Waals surface area contributed by atoms with Gasteiger partial charge < -0.3 is 15.2 Å². The maximum atomic E-state index is 5.74. The van der Waals surface area contributed by atoms with Crippen molar-refractivity contribution in [1.82, 2.24) is 0 Å². The fourth-order valence-corrected chi connectivity index (χ4v) is 1.67. The molecule has 0 heterocycles. The number of hydrogen-bond acceptors (Lipinski definition) is 3. The van der Waals surface area contributed by atoms with Crippen LogP contribution in [0.1, 0.15) is 25.3 Å². The summed E-state index contributed by atoms with van der Waals surface area (Å²) < 4.78 is 11.3. The van der Waals surface area contributed by atoms with Crippen molar-refractivity contribution in [3.63, 3.8) is 0 Å². The normalized spacial score (nSPS) is 14.4. The van der Waals surface area contributed by atoms with E-state index in [1.807, 2.05) is 25.1 Å². The predicted molar refractivity (Wildman–Crippen MR) is 71.7 cm³/mol. The van der Waals surface area contributed by atoms with Crippen molar-refractivity contribution in [2.24, 2.45) is 11.7 Å². The Labute approximate surface area is 107 Å². The molecule has 1 aromatic rings. The van der Waals surface area contributed by atoms with Crippen molar-refractivity contribution >= 4 is 17.2 Å². The lowest BCUT2D eigenvalue weighted by atomic mass is 10.2. The van der Waals surface area contributed by atoms with Gasteiger partial charge in [-0.05, 0) is 43.9 Å². The van der Waals surface area contributed by atoms with E-state index >= 15 is 0 Å². The van der Waals surface area contributed by atoms with Gasteiger partial charge in [-0.3, -0.25) is 0 Å². The second kappa shape index (κ2) is 5.36. The molecule has 0 saturated heterocycles. The SMILES string of the molecule is CCOc1cc(C(N)=S)ccc1OCC1CC1. The number of rotatable bonds is 6. The largest absolute Gasteiger partial charge is 0.490 e. The Kier molecular flexibility index (Phi) is 3.84. The van der Waals surface area contributed by atoms with Crippen molar-refractivity contribution in [3.05, 3.63) is 23.8 Å². The summed E-state index contributed by atoms with van der Waals surface area (Å²) in [7, 11) is 0. The minimum absolute atomic E-state index is 0.375. The summed E-state index contributed by atoms with van der Waals surface area (Å²) in [6.07, 6.45) is 2.55. The molecule has 3 nitrogen and oxygen atoms in total. The fourth-order valence-electron chi connectivity index (χ4n) is 1.54. The monoisotopic (exact) mass is 251 g/mol. The molecule has 4 heteroatoms. The van der Waals surface area contributed by atoms with E-state index in [0.29, 0.717) is 11.6 Å². The van der Waals surface area contributed by atoms with Crippen LogP contribution in [0.5, 0.6) is 11.5 Å². The third-order valence-corrected chi connectivity index (χ3v) is 2.94. The van der Waals surface area contributed by atoms with Gasteiger partial charge in [0.2, 0.25) is 0 Å². The Morgan fingerprint density at radius 3 is 2.71 bits per heavy atom. The van der Waals surface area contributed by atoms with Crippen molar-refractivity contribution in [2.75, 3.05) is 13.2 Å². The Morgan fingerprint density at radius 1 is 1.35 bits per heavy atom. The number of nitrogens with two attached hydrogens (primary N) is 1. The van der Waals surface area contributed by atoms with E-state index in [-0.39, 0.29) is 0 Å². The van der Waals surface area contributed by atoms with Crippen molar-refractivity contribution in [3.8, 4) is 11.5 Å². The van der Waals surface area contributed by atoms with E-state index in [2.05, 4.69) is 0 Å². The first-order chi connectivity index (χ1) is 8.20. The Hall–Kier alpha value is -1.29. The molecule has 0 aromatic heterocycles. The van der Waals surface area contributed by atoms with Gasteiger partial charge in [0.1, 0.15) is 4.99 Å². The van der Waals surface area contributed by atoms with Gasteiger partial charge in [0.25, 0.3) is 0 Å². The van der Waals surface area contributed by atoms with Gasteiger partial charge in [0.05, 0.1) is 13.2 Å². The van der Waals surface area contributed by atoms with Gasteiger partial charge in [0.15, 0.2) is 11.5 Å². The van der Waals surface area contributed by atoms with Crippen LogP contribution in [0.2, 0.25) is 0 Å². The predicted octanol–water partition coefficient (Wildman–Crippen LogP) is 2.51. The summed E-state index contributed by atoms with van der Waals surface area (Å²) >= 11 is 4.95. The van der Waals surface area contributed by atoms with Crippen molar-refractivity contribution in [1.29, 1.82) is 0 Å². The molecule has 0 spiro atoms. The van der Waals surface area contributed by atoms with Crippen molar-refractivity contribution in [2.45, 2.75) is 19.8 Å². The maximum absolute atomic E-state index is 5.74. The van der Waals surface area contributed by atoms with Crippen molar-refractivity contribution < 1.29 is 9.47 Å². The van der Waals surface area contributed by atoms with E-state index in [9.17, 15) is 0 Å². The summed E-state index contributed by atoms with van der Waals surface area (Å²) in [5.41, 5.74) is 6.40. The number of benzene rings is 1. The van der Waals surface area contributed by atoms with E-state index in [0.717, 1.165) is 29.6 Å². The lowest BCUT2D eigenvalue weighted by Crippen LogP contribution is -2.10. The van der Waals surface area contributed by atoms with Crippen LogP contribution in [0, 0.1) is 5.92 Å². The zero-order chi connectivity index (χ0) is 12.3. The zero-order valence-corrected chi connectivity index (χ0v) is 10.8. The van der Waals surface area contributed by atoms with Crippen LogP contribution in [-0.4, -0.2) is 18.2 Å². The molecule has 1 aliphatic rings. The van der Waals surface area contributed by atoms with Crippen LogP contribution in [0.25, 0.3) is 0 Å². The molecule has 17 heavy (non-hydrogen) atoms. The quantitative estimate of drug-likeness (QED) is 0.789. The zero-order valence-electron chi connectivity index (χ0n) is 9.94. The van der Waals surface area contributed by atoms with E-state index < -0.39 is 0 Å². The van der Waals surface area contributed by atoms with Gasteiger partial charge in [-0.25, -0.2) is 0 Å². The number of hydrogen-bond donors (Lipinski definition) is 1. The molecule has 0 bridgehead atoms. The Bertz CT molecular complexity index is 416. The number of ether oxygens (including phenoxy) is 2. The molecule has 92 valence electrons. The molecule has 0 aliphatic heterocycles. The van der Waals surface area contributed by atoms with E-state index in [4.69, 9.17) is 27.4 Å². The highest BCUT2D eigenvalue weighted by atomic mass is 32.1. The molecule has 2 N–H and O–H groups in total. The molecular weight excluding hydrogens is 234 g/mol. The van der Waals surface area contributed by atoms with Crippen LogP contribution < -0.4 is 15.2 Å². The Morgan fingerprint density at radius 2 is 2.12 bits per heavy atom. The van der Waals surface area contributed by atoms with Crippen LogP contribution in [0.4, 0.5) is 0 Å². The van der Waals surface area contributed by atoms with Gasteiger partial charge >= 0.3 is 0 Å². The fraction of sp³-hybridized carbons (Fsp3) is 0.462. The molecule has 0 atom stereocenters. The van der Waals surface area contributed by atoms with E-state index in [1.165, 1.54) is 12.8 Å². The van der Waals surface area contributed by atoms with Crippen LogP contribution in [0.15, 0.2) is 18.2 Å². The minimum atomic E-state index is 0.375. The second-order valence-corrected chi connectivity index (χ2v) is 4.65. The highest BCUT2D eigenvalue weighted by molar-refractivity contribution is 7.80. The molecule has 1 saturated carbocycles. The van der Waals surface area contributed by atoms with Crippen LogP contribution >= 0.6 is 12.2 Å². The molecule has 0 amide bonds. The molecule has 1 aliphatic carbocycles. The highest BCUT2D eigenvalue weighted by Gasteiger charge is 2.22. The molecule has 2 rings (SSSR count). The second-order valence-electron chi connectivity index (χ2n) is 4.21. The average Bonchev–Trinajstić information content (AvgIpc) is 3.11. The standard InChI is InChI=1S/C13H17NO2S/c1-2-15-12-7-10(13(14)17)5-6-11(12)16-8-9-3-4-9/h5-7,9H,2-4,8H2,1H3,(H2,14,17). The third-order valence-electron chi connectivity index (χ3n) is 2.70. The molecule has 1 fully saturated rings. The molecular formula is C13H17NO2S. The molecule has 1 aromatic carbocycles. The maximum Gasteiger partial charge on any atom is 0.161 e. The summed E-state index contributed by atoms with van der Waals surface area (Å²) in [4.78, 5) is 0.375. The van der Waals surface area contributed by atoms with Crippen LogP contribution in [-0.2, 0) is 0 Å². The third kappa shape index (κ3) is 3.33. The summed E-state index contributed by atoms with van der Waals surface area (Å²) in [6.45, 7) is 3.31. The highest BCUT2D eigenvalue weighted by Crippen LogP contribution is 2.33. The summed E-state index contributed by atoms with van der Waals surface area (Å²) in [5.74, 6) is 2.22. The average molecular weight is 251 g/mol. The first-order valence-corrected chi connectivity index (χ1v) is 6.31. The number of thiocarbonyl (C=S) groups is 1. The lowest BCUT2D eigenvalue weighted by Gasteiger charge is -2.12. The lowest BCUT2D eigenvalue weighted by molar-refractivity contribution is 0.267. The van der Waals surface area contributed by atoms with E-state index in [1.54, 1.807) is 0 Å². The summed E-state index contributed by atoms with van der Waals surface area (Å²) in [6, 6.07) is 5.59. The summed E-state index contributed by atoms with van der Waals surface area (Å²) in [5, 5.41) is 0. The van der Waals surface area contributed by atoms with Crippen LogP contribution in [0.3, 0.4) is 0 Å². The Balaban J connectivity index is 2.13. The minimum Gasteiger partial charge on any atom is -0.490 e. The first kappa shape index (κ1) is 12.2. The molecule has 0 radical (unpaired) electrons. The van der Waals surface area contributed by atoms with Gasteiger partial charge in [-0.15, -0.1) is 0 Å². The van der Waals surface area contributed by atoms with Gasteiger partial charge in [-0.1, -0.05) is 12.2 Å². The topological polar surface area (TPSA) is 44.5 Å².